The highest BCUT2D eigenvalue weighted by Gasteiger charge is 2.37. The molecule has 2 aliphatic rings. The lowest BCUT2D eigenvalue weighted by molar-refractivity contribution is -0.113. The molecule has 7 nitrogen and oxygen atoms in total. The van der Waals surface area contributed by atoms with Crippen LogP contribution >= 0.6 is 11.8 Å². The van der Waals surface area contributed by atoms with Crippen LogP contribution in [0.5, 0.6) is 0 Å². The first kappa shape index (κ1) is 26.5. The van der Waals surface area contributed by atoms with Gasteiger partial charge in [-0.05, 0) is 74.7 Å². The van der Waals surface area contributed by atoms with Crippen LogP contribution in [0.1, 0.15) is 36.1 Å². The van der Waals surface area contributed by atoms with Crippen LogP contribution in [0.15, 0.2) is 83.0 Å². The molecule has 3 aromatic rings. The highest BCUT2D eigenvalue weighted by Crippen LogP contribution is 2.40. The number of aliphatic imine (C=N–C) groups is 1. The van der Waals surface area contributed by atoms with E-state index in [1.807, 2.05) is 51.1 Å². The minimum Gasteiger partial charge on any atom is -0.340 e. The molecule has 0 aliphatic carbocycles. The monoisotopic (exact) mass is 543 g/mol. The summed E-state index contributed by atoms with van der Waals surface area (Å²) in [6, 6.07) is 18.3. The Morgan fingerprint density at radius 1 is 0.949 bits per heavy atom. The number of benzene rings is 3. The fraction of sp³-hybridized carbons (Fsp3) is 0.233. The van der Waals surface area contributed by atoms with Crippen LogP contribution in [0.25, 0.3) is 0 Å². The maximum Gasteiger partial charge on any atom is 0.323 e. The van der Waals surface area contributed by atoms with E-state index in [1.54, 1.807) is 30.0 Å². The molecular formula is C30H30FN5O2S. The Hall–Kier alpha value is -4.11. The summed E-state index contributed by atoms with van der Waals surface area (Å²) in [7, 11) is 0. The van der Waals surface area contributed by atoms with E-state index in [1.165, 1.54) is 18.2 Å². The minimum atomic E-state index is -0.475. The van der Waals surface area contributed by atoms with E-state index in [9.17, 15) is 14.0 Å². The summed E-state index contributed by atoms with van der Waals surface area (Å²) in [4.78, 5) is 33.1. The van der Waals surface area contributed by atoms with Crippen molar-refractivity contribution in [1.82, 2.24) is 4.90 Å². The molecular weight excluding hydrogens is 513 g/mol. The molecule has 3 amide bonds. The third-order valence-electron chi connectivity index (χ3n) is 6.70. The fourth-order valence-electron chi connectivity index (χ4n) is 4.86. The number of nitrogens with zero attached hydrogens (tertiary/aromatic N) is 2. The summed E-state index contributed by atoms with van der Waals surface area (Å²) in [6.45, 7) is 6.68. The Morgan fingerprint density at radius 3 is 2.46 bits per heavy atom. The number of halogens is 1. The number of allylic oxidation sites excluding steroid dienone is 1. The van der Waals surface area contributed by atoms with Gasteiger partial charge in [0.25, 0.3) is 5.91 Å². The van der Waals surface area contributed by atoms with Crippen LogP contribution < -0.4 is 16.0 Å². The van der Waals surface area contributed by atoms with Gasteiger partial charge in [-0.1, -0.05) is 47.7 Å². The molecule has 5 rings (SSSR count). The van der Waals surface area contributed by atoms with Crippen LogP contribution in [0.3, 0.4) is 0 Å². The van der Waals surface area contributed by atoms with Crippen molar-refractivity contribution in [2.24, 2.45) is 4.99 Å². The minimum absolute atomic E-state index is 0.181. The number of carbonyl (C=O) groups is 2. The Morgan fingerprint density at radius 2 is 1.72 bits per heavy atom. The largest absolute Gasteiger partial charge is 0.340 e. The molecule has 1 atom stereocenters. The second-order valence-electron chi connectivity index (χ2n) is 9.68. The molecule has 0 aromatic heterocycles. The number of anilines is 3. The van der Waals surface area contributed by atoms with Gasteiger partial charge < -0.3 is 20.9 Å². The van der Waals surface area contributed by atoms with Crippen molar-refractivity contribution in [1.29, 1.82) is 0 Å². The predicted molar refractivity (Wildman–Crippen MR) is 157 cm³/mol. The van der Waals surface area contributed by atoms with E-state index in [4.69, 9.17) is 4.99 Å². The van der Waals surface area contributed by atoms with Gasteiger partial charge in [0.1, 0.15) is 5.82 Å². The van der Waals surface area contributed by atoms with Gasteiger partial charge in [-0.15, -0.1) is 0 Å². The number of fused-ring (bicyclic) bond motifs is 1. The number of nitrogens with one attached hydrogen (secondary N) is 3. The first-order valence-corrected chi connectivity index (χ1v) is 13.8. The van der Waals surface area contributed by atoms with Crippen LogP contribution in [-0.2, 0) is 4.79 Å². The molecule has 0 spiro atoms. The van der Waals surface area contributed by atoms with E-state index in [-0.39, 0.29) is 11.9 Å². The molecule has 1 fully saturated rings. The highest BCUT2D eigenvalue weighted by molar-refractivity contribution is 8.13. The lowest BCUT2D eigenvalue weighted by Gasteiger charge is -2.41. The number of aryl methyl sites for hydroxylation is 2. The summed E-state index contributed by atoms with van der Waals surface area (Å²) in [5.41, 5.74) is 6.06. The lowest BCUT2D eigenvalue weighted by Crippen LogP contribution is -2.43. The van der Waals surface area contributed by atoms with Gasteiger partial charge in [-0.3, -0.25) is 4.79 Å². The van der Waals surface area contributed by atoms with Crippen LogP contribution in [0, 0.1) is 19.7 Å². The second kappa shape index (κ2) is 11.3. The topological polar surface area (TPSA) is 85.8 Å². The molecule has 1 saturated heterocycles. The maximum atomic E-state index is 13.7. The van der Waals surface area contributed by atoms with Crippen molar-refractivity contribution in [3.63, 3.8) is 0 Å². The second-order valence-corrected chi connectivity index (χ2v) is 10.7. The molecule has 2 aliphatic heterocycles. The standard InChI is InChI=1S/C30H30FN5O2S/c1-18-8-13-25(19(2)16-18)35-28(37)26-20(3)32-30-36(14-5-15-39-30)27(26)21-9-11-23(12-10-21)33-29(38)34-24-7-4-6-22(31)17-24/h4,6-13,16-17,27H,5,14-15H2,1-3H3,(H,35,37)(H2,33,34,38). The molecule has 9 heteroatoms. The first-order chi connectivity index (χ1) is 18.8. The van der Waals surface area contributed by atoms with Crippen molar-refractivity contribution in [2.75, 3.05) is 28.2 Å². The smallest absolute Gasteiger partial charge is 0.323 e. The number of urea groups is 1. The summed E-state index contributed by atoms with van der Waals surface area (Å²) in [5, 5.41) is 9.43. The van der Waals surface area contributed by atoms with E-state index >= 15 is 0 Å². The zero-order chi connectivity index (χ0) is 27.5. The van der Waals surface area contributed by atoms with Gasteiger partial charge in [0.15, 0.2) is 5.17 Å². The van der Waals surface area contributed by atoms with Gasteiger partial charge in [0.05, 0.1) is 17.3 Å². The number of thioether (sulfide) groups is 1. The predicted octanol–water partition coefficient (Wildman–Crippen LogP) is 6.85. The Labute approximate surface area is 231 Å². The number of hydrogen-bond acceptors (Lipinski definition) is 5. The first-order valence-electron chi connectivity index (χ1n) is 12.8. The maximum absolute atomic E-state index is 13.7. The van der Waals surface area contributed by atoms with E-state index in [2.05, 4.69) is 20.9 Å². The molecule has 0 radical (unpaired) electrons. The van der Waals surface area contributed by atoms with Crippen molar-refractivity contribution in [3.05, 3.63) is 101 Å². The molecule has 0 saturated carbocycles. The number of rotatable bonds is 5. The Bertz CT molecular complexity index is 1480. The van der Waals surface area contributed by atoms with Gasteiger partial charge in [0, 0.05) is 29.4 Å². The molecule has 200 valence electrons. The van der Waals surface area contributed by atoms with Gasteiger partial charge in [-0.25, -0.2) is 14.2 Å². The van der Waals surface area contributed by atoms with Crippen molar-refractivity contribution >= 4 is 45.9 Å². The normalized spacial score (nSPS) is 16.8. The number of amidine groups is 1. The molecule has 0 bridgehead atoms. The average Bonchev–Trinajstić information content (AvgIpc) is 2.90. The number of hydrogen-bond donors (Lipinski definition) is 3. The third-order valence-corrected chi connectivity index (χ3v) is 7.78. The van der Waals surface area contributed by atoms with Gasteiger partial charge >= 0.3 is 6.03 Å². The quantitative estimate of drug-likeness (QED) is 0.329. The zero-order valence-corrected chi connectivity index (χ0v) is 22.9. The van der Waals surface area contributed by atoms with Gasteiger partial charge in [-0.2, -0.15) is 0 Å². The summed E-state index contributed by atoms with van der Waals surface area (Å²) in [5.74, 6) is 0.381. The third kappa shape index (κ3) is 5.98. The summed E-state index contributed by atoms with van der Waals surface area (Å²) < 4.78 is 13.4. The highest BCUT2D eigenvalue weighted by atomic mass is 32.2. The average molecular weight is 544 g/mol. The van der Waals surface area contributed by atoms with Crippen LogP contribution in [0.4, 0.5) is 26.2 Å². The van der Waals surface area contributed by atoms with E-state index < -0.39 is 11.8 Å². The van der Waals surface area contributed by atoms with Gasteiger partial charge in [0.2, 0.25) is 0 Å². The molecule has 3 N–H and O–H groups in total. The van der Waals surface area contributed by atoms with Crippen molar-refractivity contribution < 1.29 is 14.0 Å². The summed E-state index contributed by atoms with van der Waals surface area (Å²) in [6.07, 6.45) is 0.991. The SMILES string of the molecule is CC1=C(C(=O)Nc2ccc(C)cc2C)C(c2ccc(NC(=O)Nc3cccc(F)c3)cc2)N2CCCSC2=N1. The molecule has 3 aromatic carbocycles. The van der Waals surface area contributed by atoms with Crippen LogP contribution in [-0.4, -0.2) is 34.3 Å². The Balaban J connectivity index is 1.39. The molecule has 2 heterocycles. The van der Waals surface area contributed by atoms with Crippen LogP contribution in [0.2, 0.25) is 0 Å². The summed E-state index contributed by atoms with van der Waals surface area (Å²) >= 11 is 1.70. The zero-order valence-electron chi connectivity index (χ0n) is 22.0. The van der Waals surface area contributed by atoms with E-state index in [0.717, 1.165) is 46.3 Å². The Kier molecular flexibility index (Phi) is 7.70. The number of carbonyl (C=O) groups excluding carboxylic acids is 2. The van der Waals surface area contributed by atoms with Crippen molar-refractivity contribution in [3.8, 4) is 0 Å². The molecule has 1 unspecified atom stereocenters. The molecule has 39 heavy (non-hydrogen) atoms. The fourth-order valence-corrected chi connectivity index (χ4v) is 5.88. The number of amides is 3. The lowest BCUT2D eigenvalue weighted by atomic mass is 9.93. The van der Waals surface area contributed by atoms with E-state index in [0.29, 0.717) is 22.6 Å². The van der Waals surface area contributed by atoms with Crippen molar-refractivity contribution in [2.45, 2.75) is 33.2 Å².